The first-order valence-electron chi connectivity index (χ1n) is 7.69. The number of rotatable bonds is 10. The highest BCUT2D eigenvalue weighted by molar-refractivity contribution is 9.10. The van der Waals surface area contributed by atoms with Gasteiger partial charge in [0.05, 0.1) is 19.7 Å². The molecule has 0 atom stereocenters. The Kier molecular flexibility index (Phi) is 9.51. The Morgan fingerprint density at radius 2 is 2.13 bits per heavy atom. The Bertz CT molecular complexity index is 511. The summed E-state index contributed by atoms with van der Waals surface area (Å²) in [6.07, 6.45) is 2.07. The Labute approximate surface area is 145 Å². The largest absolute Gasteiger partial charge is 0.380 e. The van der Waals surface area contributed by atoms with E-state index in [9.17, 15) is 9.59 Å². The predicted molar refractivity (Wildman–Crippen MR) is 94.3 cm³/mol. The van der Waals surface area contributed by atoms with E-state index in [2.05, 4.69) is 28.2 Å². The molecule has 1 rings (SSSR count). The average Bonchev–Trinajstić information content (AvgIpc) is 2.55. The molecule has 0 spiro atoms. The van der Waals surface area contributed by atoms with E-state index in [4.69, 9.17) is 10.5 Å². The number of unbranched alkanes of at least 4 members (excludes halogenated alkanes) is 1. The third-order valence-corrected chi connectivity index (χ3v) is 3.64. The average molecular weight is 386 g/mol. The minimum absolute atomic E-state index is 0.0858. The van der Waals surface area contributed by atoms with Crippen molar-refractivity contribution in [1.82, 2.24) is 5.32 Å². The molecule has 6 nitrogen and oxygen atoms in total. The first-order valence-corrected chi connectivity index (χ1v) is 8.48. The molecule has 0 radical (unpaired) electrons. The summed E-state index contributed by atoms with van der Waals surface area (Å²) in [5.41, 5.74) is 5.98. The molecule has 0 aromatic heterocycles. The maximum absolute atomic E-state index is 12.4. The van der Waals surface area contributed by atoms with Gasteiger partial charge in [0, 0.05) is 23.3 Å². The van der Waals surface area contributed by atoms with Crippen LogP contribution >= 0.6 is 15.9 Å². The fraction of sp³-hybridized carbons (Fsp3) is 0.500. The number of nitrogens with zero attached hydrogens (tertiary/aromatic N) is 1. The third-order valence-electron chi connectivity index (χ3n) is 3.14. The number of anilines is 1. The van der Waals surface area contributed by atoms with Crippen molar-refractivity contribution in [2.75, 3.05) is 37.7 Å². The maximum Gasteiger partial charge on any atom is 0.246 e. The number of amides is 2. The smallest absolute Gasteiger partial charge is 0.246 e. The molecule has 0 bridgehead atoms. The molecule has 2 amide bonds. The summed E-state index contributed by atoms with van der Waals surface area (Å²) in [7, 11) is 0. The van der Waals surface area contributed by atoms with Gasteiger partial charge in [0.25, 0.3) is 0 Å². The molecular weight excluding hydrogens is 362 g/mol. The fourth-order valence-electron chi connectivity index (χ4n) is 1.89. The molecule has 1 aromatic rings. The highest BCUT2D eigenvalue weighted by atomic mass is 79.9. The van der Waals surface area contributed by atoms with Crippen LogP contribution in [0.3, 0.4) is 0 Å². The number of ether oxygens (including phenoxy) is 1. The van der Waals surface area contributed by atoms with Crippen molar-refractivity contribution in [1.29, 1.82) is 0 Å². The van der Waals surface area contributed by atoms with Crippen LogP contribution in [-0.2, 0) is 14.3 Å². The minimum Gasteiger partial charge on any atom is -0.380 e. The Morgan fingerprint density at radius 1 is 1.35 bits per heavy atom. The van der Waals surface area contributed by atoms with Gasteiger partial charge in [0.2, 0.25) is 11.8 Å². The monoisotopic (exact) mass is 385 g/mol. The Morgan fingerprint density at radius 3 is 2.78 bits per heavy atom. The van der Waals surface area contributed by atoms with Crippen molar-refractivity contribution in [3.8, 4) is 0 Å². The second-order valence-corrected chi connectivity index (χ2v) is 5.89. The molecule has 0 fully saturated rings. The molecule has 0 saturated carbocycles. The second-order valence-electron chi connectivity index (χ2n) is 4.97. The van der Waals surface area contributed by atoms with Gasteiger partial charge in [-0.1, -0.05) is 35.3 Å². The second kappa shape index (κ2) is 11.2. The summed E-state index contributed by atoms with van der Waals surface area (Å²) in [4.78, 5) is 25.2. The van der Waals surface area contributed by atoms with Crippen molar-refractivity contribution in [3.63, 3.8) is 0 Å². The number of benzene rings is 1. The lowest BCUT2D eigenvalue weighted by atomic mass is 10.2. The quantitative estimate of drug-likeness (QED) is 0.600. The van der Waals surface area contributed by atoms with Crippen molar-refractivity contribution in [2.45, 2.75) is 19.8 Å². The highest BCUT2D eigenvalue weighted by Gasteiger charge is 2.16. The van der Waals surface area contributed by atoms with Crippen LogP contribution in [-0.4, -0.2) is 44.7 Å². The number of nitrogens with one attached hydrogen (secondary N) is 1. The van der Waals surface area contributed by atoms with Crippen LogP contribution in [0.5, 0.6) is 0 Å². The van der Waals surface area contributed by atoms with Gasteiger partial charge in [-0.25, -0.2) is 0 Å². The lowest BCUT2D eigenvalue weighted by Gasteiger charge is -2.23. The van der Waals surface area contributed by atoms with Gasteiger partial charge >= 0.3 is 0 Å². The third kappa shape index (κ3) is 7.58. The topological polar surface area (TPSA) is 84.7 Å². The van der Waals surface area contributed by atoms with Gasteiger partial charge in [0.15, 0.2) is 0 Å². The summed E-state index contributed by atoms with van der Waals surface area (Å²) in [5.74, 6) is -0.560. The summed E-state index contributed by atoms with van der Waals surface area (Å²) in [6.45, 7) is 3.43. The van der Waals surface area contributed by atoms with Gasteiger partial charge in [-0.05, 0) is 24.6 Å². The van der Waals surface area contributed by atoms with E-state index >= 15 is 0 Å². The van der Waals surface area contributed by atoms with Crippen LogP contribution in [0, 0.1) is 0 Å². The molecule has 1 aromatic carbocycles. The molecule has 3 N–H and O–H groups in total. The molecule has 128 valence electrons. The van der Waals surface area contributed by atoms with Crippen LogP contribution in [0.2, 0.25) is 0 Å². The lowest BCUT2D eigenvalue weighted by Crippen LogP contribution is -2.43. The van der Waals surface area contributed by atoms with Gasteiger partial charge < -0.3 is 20.7 Å². The molecular formula is C16H24BrN3O3. The number of hydrogen-bond donors (Lipinski definition) is 2. The fourth-order valence-corrected chi connectivity index (χ4v) is 2.28. The number of carbonyl (C=O) groups excluding carboxylic acids is 2. The van der Waals surface area contributed by atoms with Crippen LogP contribution in [0.25, 0.3) is 0 Å². The maximum atomic E-state index is 12.4. The van der Waals surface area contributed by atoms with E-state index in [1.165, 1.54) is 0 Å². The van der Waals surface area contributed by atoms with Gasteiger partial charge in [0.1, 0.15) is 0 Å². The van der Waals surface area contributed by atoms with Gasteiger partial charge in [-0.15, -0.1) is 0 Å². The molecule has 0 aliphatic rings. The standard InChI is InChI=1S/C16H24BrN3O3/c1-2-3-8-23-9-7-20(14-6-4-5-13(17)10-14)16(22)12-19-15(21)11-18/h4-6,10H,2-3,7-9,11-12,18H2,1H3,(H,19,21). The van der Waals surface area contributed by atoms with Crippen molar-refractivity contribution in [2.24, 2.45) is 5.73 Å². The lowest BCUT2D eigenvalue weighted by molar-refractivity contribution is -0.124. The number of hydrogen-bond acceptors (Lipinski definition) is 4. The normalized spacial score (nSPS) is 10.4. The molecule has 0 aliphatic carbocycles. The number of nitrogens with two attached hydrogens (primary N) is 1. The van der Waals surface area contributed by atoms with E-state index < -0.39 is 0 Å². The van der Waals surface area contributed by atoms with E-state index in [1.807, 2.05) is 24.3 Å². The van der Waals surface area contributed by atoms with Crippen molar-refractivity contribution < 1.29 is 14.3 Å². The summed E-state index contributed by atoms with van der Waals surface area (Å²) in [5, 5.41) is 2.50. The summed E-state index contributed by atoms with van der Waals surface area (Å²) in [6, 6.07) is 7.45. The molecule has 23 heavy (non-hydrogen) atoms. The first-order chi connectivity index (χ1) is 11.1. The number of halogens is 1. The molecule has 0 unspecified atom stereocenters. The molecule has 7 heteroatoms. The molecule has 0 aliphatic heterocycles. The van der Waals surface area contributed by atoms with Crippen LogP contribution in [0.1, 0.15) is 19.8 Å². The molecule has 0 saturated heterocycles. The van der Waals surface area contributed by atoms with E-state index in [0.29, 0.717) is 19.8 Å². The van der Waals surface area contributed by atoms with Crippen LogP contribution in [0.4, 0.5) is 5.69 Å². The van der Waals surface area contributed by atoms with Gasteiger partial charge in [-0.3, -0.25) is 9.59 Å². The summed E-state index contributed by atoms with van der Waals surface area (Å²) >= 11 is 3.40. The summed E-state index contributed by atoms with van der Waals surface area (Å²) < 4.78 is 6.42. The van der Waals surface area contributed by atoms with Crippen molar-refractivity contribution in [3.05, 3.63) is 28.7 Å². The predicted octanol–water partition coefficient (Wildman–Crippen LogP) is 1.67. The zero-order valence-electron chi connectivity index (χ0n) is 13.4. The Hall–Kier alpha value is -1.44. The highest BCUT2D eigenvalue weighted by Crippen LogP contribution is 2.20. The Balaban J connectivity index is 2.67. The van der Waals surface area contributed by atoms with Crippen LogP contribution < -0.4 is 16.0 Å². The van der Waals surface area contributed by atoms with Crippen LogP contribution in [0.15, 0.2) is 28.7 Å². The zero-order chi connectivity index (χ0) is 17.1. The zero-order valence-corrected chi connectivity index (χ0v) is 15.0. The van der Waals surface area contributed by atoms with E-state index in [1.54, 1.807) is 4.90 Å². The van der Waals surface area contributed by atoms with E-state index in [0.717, 1.165) is 23.0 Å². The molecule has 0 heterocycles. The van der Waals surface area contributed by atoms with Crippen molar-refractivity contribution >= 4 is 33.4 Å². The SMILES string of the molecule is CCCCOCCN(C(=O)CNC(=O)CN)c1cccc(Br)c1. The van der Waals surface area contributed by atoms with E-state index in [-0.39, 0.29) is 24.9 Å². The number of carbonyl (C=O) groups is 2. The van der Waals surface area contributed by atoms with Gasteiger partial charge in [-0.2, -0.15) is 0 Å². The minimum atomic E-state index is -0.355. The first kappa shape index (κ1) is 19.6.